The van der Waals surface area contributed by atoms with E-state index < -0.39 is 35.1 Å². The van der Waals surface area contributed by atoms with Gasteiger partial charge in [-0.05, 0) is 12.1 Å². The Hall–Kier alpha value is -2.32. The summed E-state index contributed by atoms with van der Waals surface area (Å²) in [7, 11) is 0. The average molecular weight is 278 g/mol. The summed E-state index contributed by atoms with van der Waals surface area (Å²) in [6.07, 6.45) is -4.59. The van der Waals surface area contributed by atoms with Crippen molar-refractivity contribution < 1.29 is 27.6 Å². The summed E-state index contributed by atoms with van der Waals surface area (Å²) in [4.78, 5) is 20.6. The van der Waals surface area contributed by atoms with Crippen molar-refractivity contribution >= 4 is 17.3 Å². The highest BCUT2D eigenvalue weighted by atomic mass is 19.4. The zero-order valence-electron chi connectivity index (χ0n) is 9.65. The lowest BCUT2D eigenvalue weighted by molar-refractivity contribution is -0.386. The molecule has 6 nitrogen and oxygen atoms in total. The largest absolute Gasteiger partial charge is 0.477 e. The molecule has 0 atom stereocenters. The molecule has 0 spiro atoms. The first-order valence-electron chi connectivity index (χ1n) is 4.94. The van der Waals surface area contributed by atoms with E-state index in [1.807, 2.05) is 0 Å². The van der Waals surface area contributed by atoms with Crippen molar-refractivity contribution in [1.29, 1.82) is 0 Å². The number of amides is 1. The fourth-order valence-electron chi connectivity index (χ4n) is 1.22. The Morgan fingerprint density at radius 1 is 1.47 bits per heavy atom. The Labute approximate surface area is 105 Å². The summed E-state index contributed by atoms with van der Waals surface area (Å²) in [6, 6.07) is 3.13. The van der Waals surface area contributed by atoms with E-state index in [1.54, 1.807) is 0 Å². The number of halogens is 3. The minimum atomic E-state index is -4.59. The number of ether oxygens (including phenoxy) is 1. The van der Waals surface area contributed by atoms with Gasteiger partial charge in [-0.15, -0.1) is 0 Å². The molecule has 0 radical (unpaired) electrons. The molecule has 0 saturated heterocycles. The van der Waals surface area contributed by atoms with E-state index in [-0.39, 0.29) is 5.69 Å². The Morgan fingerprint density at radius 3 is 2.58 bits per heavy atom. The zero-order valence-corrected chi connectivity index (χ0v) is 9.65. The Morgan fingerprint density at radius 2 is 2.11 bits per heavy atom. The summed E-state index contributed by atoms with van der Waals surface area (Å²) in [5.41, 5.74) is -0.561. The van der Waals surface area contributed by atoms with Gasteiger partial charge in [0.25, 0.3) is 0 Å². The van der Waals surface area contributed by atoms with Gasteiger partial charge in [0.15, 0.2) is 12.4 Å². The maximum absolute atomic E-state index is 12.0. The lowest BCUT2D eigenvalue weighted by Gasteiger charge is -2.10. The number of benzene rings is 1. The highest BCUT2D eigenvalue weighted by Gasteiger charge is 2.30. The van der Waals surface area contributed by atoms with Crippen LogP contribution in [0.4, 0.5) is 24.5 Å². The smallest absolute Gasteiger partial charge is 0.422 e. The molecule has 0 saturated carbocycles. The molecule has 0 unspecified atom stereocenters. The Balaban J connectivity index is 2.98. The van der Waals surface area contributed by atoms with Gasteiger partial charge < -0.3 is 10.1 Å². The van der Waals surface area contributed by atoms with Gasteiger partial charge in [-0.2, -0.15) is 13.2 Å². The number of hydrogen-bond acceptors (Lipinski definition) is 4. The van der Waals surface area contributed by atoms with E-state index in [1.165, 1.54) is 13.0 Å². The number of hydrogen-bond donors (Lipinski definition) is 1. The summed E-state index contributed by atoms with van der Waals surface area (Å²) in [5, 5.41) is 13.0. The van der Waals surface area contributed by atoms with Gasteiger partial charge in [-0.25, -0.2) is 0 Å². The predicted molar refractivity (Wildman–Crippen MR) is 59.0 cm³/mol. The standard InChI is InChI=1S/C10H9F3N2O4/c1-6(16)14-7-2-3-9(8(4-7)15(17)18)19-5-10(11,12)13/h2-4H,5H2,1H3,(H,14,16). The van der Waals surface area contributed by atoms with Gasteiger partial charge in [0.1, 0.15) is 0 Å². The van der Waals surface area contributed by atoms with Gasteiger partial charge in [-0.3, -0.25) is 14.9 Å². The molecule has 1 aromatic rings. The summed E-state index contributed by atoms with van der Waals surface area (Å²) < 4.78 is 40.3. The van der Waals surface area contributed by atoms with Crippen LogP contribution in [-0.2, 0) is 4.79 Å². The molecule has 19 heavy (non-hydrogen) atoms. The summed E-state index contributed by atoms with van der Waals surface area (Å²) >= 11 is 0. The SMILES string of the molecule is CC(=O)Nc1ccc(OCC(F)(F)F)c([N+](=O)[O-])c1. The second-order valence-corrected chi connectivity index (χ2v) is 3.52. The maximum atomic E-state index is 12.0. The average Bonchev–Trinajstić information content (AvgIpc) is 2.25. The lowest BCUT2D eigenvalue weighted by Crippen LogP contribution is -2.19. The number of nitro benzene ring substituents is 1. The molecular formula is C10H9F3N2O4. The zero-order chi connectivity index (χ0) is 14.6. The molecule has 1 N–H and O–H groups in total. The predicted octanol–water partition coefficient (Wildman–Crippen LogP) is 2.49. The van der Waals surface area contributed by atoms with Crippen LogP contribution in [-0.4, -0.2) is 23.6 Å². The van der Waals surface area contributed by atoms with Crippen LogP contribution < -0.4 is 10.1 Å². The van der Waals surface area contributed by atoms with E-state index in [4.69, 9.17) is 0 Å². The third kappa shape index (κ3) is 4.82. The Bertz CT molecular complexity index is 502. The van der Waals surface area contributed by atoms with Crippen LogP contribution in [0.25, 0.3) is 0 Å². The minimum absolute atomic E-state index is 0.0959. The molecule has 0 aliphatic carbocycles. The van der Waals surface area contributed by atoms with E-state index in [0.29, 0.717) is 0 Å². The number of alkyl halides is 3. The van der Waals surface area contributed by atoms with Crippen molar-refractivity contribution in [2.75, 3.05) is 11.9 Å². The number of carbonyl (C=O) groups is 1. The molecule has 0 aliphatic rings. The van der Waals surface area contributed by atoms with Gasteiger partial charge in [0.2, 0.25) is 5.91 Å². The van der Waals surface area contributed by atoms with E-state index in [0.717, 1.165) is 12.1 Å². The normalized spacial score (nSPS) is 10.9. The van der Waals surface area contributed by atoms with Gasteiger partial charge in [0.05, 0.1) is 4.92 Å². The van der Waals surface area contributed by atoms with E-state index in [2.05, 4.69) is 10.1 Å². The van der Waals surface area contributed by atoms with Crippen molar-refractivity contribution in [3.8, 4) is 5.75 Å². The number of nitrogens with zero attached hydrogens (tertiary/aromatic N) is 1. The van der Waals surface area contributed by atoms with Crippen molar-refractivity contribution in [1.82, 2.24) is 0 Å². The minimum Gasteiger partial charge on any atom is -0.477 e. The molecule has 1 aromatic carbocycles. The van der Waals surface area contributed by atoms with Crippen molar-refractivity contribution in [3.05, 3.63) is 28.3 Å². The fourth-order valence-corrected chi connectivity index (χ4v) is 1.22. The molecule has 0 bridgehead atoms. The molecular weight excluding hydrogens is 269 g/mol. The van der Waals surface area contributed by atoms with Crippen molar-refractivity contribution in [2.24, 2.45) is 0 Å². The monoisotopic (exact) mass is 278 g/mol. The van der Waals surface area contributed by atoms with Crippen LogP contribution in [0.3, 0.4) is 0 Å². The molecule has 0 fully saturated rings. The third-order valence-corrected chi connectivity index (χ3v) is 1.87. The molecule has 104 valence electrons. The van der Waals surface area contributed by atoms with Crippen LogP contribution in [0.2, 0.25) is 0 Å². The first-order valence-corrected chi connectivity index (χ1v) is 4.94. The quantitative estimate of drug-likeness (QED) is 0.677. The maximum Gasteiger partial charge on any atom is 0.422 e. The summed E-state index contributed by atoms with van der Waals surface area (Å²) in [6.45, 7) is -0.437. The number of nitro groups is 1. The van der Waals surface area contributed by atoms with Crippen LogP contribution >= 0.6 is 0 Å². The van der Waals surface area contributed by atoms with Gasteiger partial charge in [-0.1, -0.05) is 0 Å². The molecule has 0 aromatic heterocycles. The third-order valence-electron chi connectivity index (χ3n) is 1.87. The number of carbonyl (C=O) groups excluding carboxylic acids is 1. The molecule has 1 amide bonds. The van der Waals surface area contributed by atoms with E-state index in [9.17, 15) is 28.1 Å². The van der Waals surface area contributed by atoms with Crippen molar-refractivity contribution in [3.63, 3.8) is 0 Å². The molecule has 9 heteroatoms. The van der Waals surface area contributed by atoms with Gasteiger partial charge in [0, 0.05) is 18.7 Å². The topological polar surface area (TPSA) is 81.5 Å². The number of anilines is 1. The lowest BCUT2D eigenvalue weighted by atomic mass is 10.2. The number of nitrogens with one attached hydrogen (secondary N) is 1. The molecule has 1 rings (SSSR count). The highest BCUT2D eigenvalue weighted by Crippen LogP contribution is 2.31. The van der Waals surface area contributed by atoms with Gasteiger partial charge >= 0.3 is 11.9 Å². The summed E-state index contributed by atoms with van der Waals surface area (Å²) in [5.74, 6) is -0.977. The first-order chi connectivity index (χ1) is 8.69. The van der Waals surface area contributed by atoms with Crippen LogP contribution in [0.5, 0.6) is 5.75 Å². The molecule has 0 aliphatic heterocycles. The first kappa shape index (κ1) is 14.7. The van der Waals surface area contributed by atoms with Crippen molar-refractivity contribution in [2.45, 2.75) is 13.1 Å². The highest BCUT2D eigenvalue weighted by molar-refractivity contribution is 5.89. The van der Waals surface area contributed by atoms with Crippen LogP contribution in [0.15, 0.2) is 18.2 Å². The fraction of sp³-hybridized carbons (Fsp3) is 0.300. The Kier molecular flexibility index (Phi) is 4.30. The second kappa shape index (κ2) is 5.55. The molecule has 0 heterocycles. The second-order valence-electron chi connectivity index (χ2n) is 3.52. The number of rotatable bonds is 4. The van der Waals surface area contributed by atoms with E-state index >= 15 is 0 Å². The van der Waals surface area contributed by atoms with Crippen LogP contribution in [0, 0.1) is 10.1 Å². The van der Waals surface area contributed by atoms with Crippen LogP contribution in [0.1, 0.15) is 6.92 Å².